The highest BCUT2D eigenvalue weighted by molar-refractivity contribution is 7.20. The van der Waals surface area contributed by atoms with Gasteiger partial charge in [-0.1, -0.05) is 23.2 Å². The van der Waals surface area contributed by atoms with E-state index < -0.39 is 11.8 Å². The average Bonchev–Trinajstić information content (AvgIpc) is 2.95. The van der Waals surface area contributed by atoms with Crippen molar-refractivity contribution in [1.29, 1.82) is 0 Å². The molecule has 0 saturated heterocycles. The molecule has 2 amide bonds. The number of hydrazine groups is 1. The fourth-order valence-electron chi connectivity index (χ4n) is 1.15. The van der Waals surface area contributed by atoms with Gasteiger partial charge in [0.2, 0.25) is 0 Å². The van der Waals surface area contributed by atoms with E-state index in [4.69, 9.17) is 27.6 Å². The number of furan rings is 1. The predicted molar refractivity (Wildman–Crippen MR) is 68.0 cm³/mol. The Kier molecular flexibility index (Phi) is 3.90. The van der Waals surface area contributed by atoms with Crippen LogP contribution in [0.4, 0.5) is 0 Å². The minimum atomic E-state index is -0.564. The van der Waals surface area contributed by atoms with Gasteiger partial charge in [-0.3, -0.25) is 20.4 Å². The largest absolute Gasteiger partial charge is 0.459 e. The first kappa shape index (κ1) is 12.9. The maximum Gasteiger partial charge on any atom is 0.305 e. The molecular formula is C10H6Cl2N2O3S. The van der Waals surface area contributed by atoms with Crippen LogP contribution < -0.4 is 10.9 Å². The Balaban J connectivity index is 1.97. The number of nitrogens with one attached hydrogen (secondary N) is 2. The summed E-state index contributed by atoms with van der Waals surface area (Å²) in [6.45, 7) is 0. The van der Waals surface area contributed by atoms with Crippen LogP contribution in [0.5, 0.6) is 0 Å². The van der Waals surface area contributed by atoms with Gasteiger partial charge in [0.25, 0.3) is 5.91 Å². The van der Waals surface area contributed by atoms with Crippen molar-refractivity contribution in [2.24, 2.45) is 0 Å². The van der Waals surface area contributed by atoms with Crippen LogP contribution >= 0.6 is 34.5 Å². The van der Waals surface area contributed by atoms with Crippen molar-refractivity contribution >= 4 is 46.4 Å². The summed E-state index contributed by atoms with van der Waals surface area (Å²) < 4.78 is 5.50. The molecule has 2 rings (SSSR count). The minimum absolute atomic E-state index is 0.0877. The van der Waals surface area contributed by atoms with Gasteiger partial charge in [0.15, 0.2) is 5.76 Å². The molecule has 2 aromatic rings. The molecule has 94 valence electrons. The molecule has 2 heterocycles. The van der Waals surface area contributed by atoms with Gasteiger partial charge in [-0.2, -0.15) is 0 Å². The molecule has 0 fully saturated rings. The third-order valence-corrected chi connectivity index (χ3v) is 3.42. The monoisotopic (exact) mass is 304 g/mol. The molecule has 18 heavy (non-hydrogen) atoms. The van der Waals surface area contributed by atoms with Gasteiger partial charge in [-0.05, 0) is 18.2 Å². The summed E-state index contributed by atoms with van der Waals surface area (Å²) in [4.78, 5) is 23.1. The Labute approximate surface area is 116 Å². The Morgan fingerprint density at radius 1 is 1.22 bits per heavy atom. The molecule has 0 bridgehead atoms. The highest BCUT2D eigenvalue weighted by Gasteiger charge is 2.15. The third kappa shape index (κ3) is 2.84. The summed E-state index contributed by atoms with van der Waals surface area (Å²) in [6.07, 6.45) is 1.35. The second kappa shape index (κ2) is 5.43. The lowest BCUT2D eigenvalue weighted by Gasteiger charge is -2.04. The van der Waals surface area contributed by atoms with Crippen molar-refractivity contribution in [2.75, 3.05) is 0 Å². The van der Waals surface area contributed by atoms with Crippen LogP contribution in [0.15, 0.2) is 28.9 Å². The van der Waals surface area contributed by atoms with Crippen molar-refractivity contribution in [3.8, 4) is 0 Å². The van der Waals surface area contributed by atoms with Gasteiger partial charge >= 0.3 is 5.91 Å². The Hall–Kier alpha value is -1.50. The first-order valence-electron chi connectivity index (χ1n) is 4.67. The topological polar surface area (TPSA) is 71.3 Å². The number of hydrogen-bond donors (Lipinski definition) is 2. The SMILES string of the molecule is O=C(NNC(=O)c1cc(Cl)sc1Cl)c1ccco1. The number of carbonyl (C=O) groups excluding carboxylic acids is 2. The molecule has 0 aliphatic heterocycles. The number of amides is 2. The number of rotatable bonds is 2. The van der Waals surface area contributed by atoms with Gasteiger partial charge in [0.05, 0.1) is 16.2 Å². The predicted octanol–water partition coefficient (Wildman–Crippen LogP) is 2.72. The first-order valence-corrected chi connectivity index (χ1v) is 6.24. The molecule has 0 aromatic carbocycles. The van der Waals surface area contributed by atoms with Crippen molar-refractivity contribution < 1.29 is 14.0 Å². The van der Waals surface area contributed by atoms with Crippen LogP contribution in [-0.4, -0.2) is 11.8 Å². The summed E-state index contributed by atoms with van der Waals surface area (Å²) in [5.74, 6) is -1.03. The molecule has 8 heteroatoms. The lowest BCUT2D eigenvalue weighted by atomic mass is 10.3. The lowest BCUT2D eigenvalue weighted by molar-refractivity contribution is 0.0831. The standard InChI is InChI=1S/C10H6Cl2N2O3S/c11-7-4-5(8(12)18-7)9(15)13-14-10(16)6-2-1-3-17-6/h1-4H,(H,13,15)(H,14,16). The van der Waals surface area contributed by atoms with E-state index in [1.54, 1.807) is 6.07 Å². The molecule has 0 atom stereocenters. The summed E-state index contributed by atoms with van der Waals surface area (Å²) in [7, 11) is 0. The van der Waals surface area contributed by atoms with Gasteiger partial charge in [-0.15, -0.1) is 11.3 Å². The van der Waals surface area contributed by atoms with E-state index in [2.05, 4.69) is 10.9 Å². The lowest BCUT2D eigenvalue weighted by Crippen LogP contribution is -2.41. The molecular weight excluding hydrogens is 299 g/mol. The third-order valence-electron chi connectivity index (χ3n) is 1.94. The van der Waals surface area contributed by atoms with E-state index in [1.807, 2.05) is 0 Å². The van der Waals surface area contributed by atoms with Crippen LogP contribution in [-0.2, 0) is 0 Å². The highest BCUT2D eigenvalue weighted by atomic mass is 35.5. The van der Waals surface area contributed by atoms with E-state index in [0.29, 0.717) is 4.34 Å². The van der Waals surface area contributed by atoms with Crippen molar-refractivity contribution in [3.63, 3.8) is 0 Å². The minimum Gasteiger partial charge on any atom is -0.459 e. The number of carbonyl (C=O) groups is 2. The van der Waals surface area contributed by atoms with Crippen molar-refractivity contribution in [1.82, 2.24) is 10.9 Å². The van der Waals surface area contributed by atoms with Crippen LogP contribution in [0, 0.1) is 0 Å². The Bertz CT molecular complexity index is 580. The summed E-state index contributed by atoms with van der Waals surface area (Å²) in [5.41, 5.74) is 4.60. The van der Waals surface area contributed by atoms with Crippen molar-refractivity contribution in [2.45, 2.75) is 0 Å². The maximum atomic E-state index is 11.7. The first-order chi connectivity index (χ1) is 8.58. The Morgan fingerprint density at radius 2 is 1.94 bits per heavy atom. The second-order valence-corrected chi connectivity index (χ2v) is 5.41. The van der Waals surface area contributed by atoms with Crippen LogP contribution in [0.2, 0.25) is 8.67 Å². The molecule has 5 nitrogen and oxygen atoms in total. The average molecular weight is 305 g/mol. The fourth-order valence-corrected chi connectivity index (χ4v) is 2.60. The van der Waals surface area contributed by atoms with E-state index >= 15 is 0 Å². The summed E-state index contributed by atoms with van der Waals surface area (Å²) in [6, 6.07) is 4.45. The zero-order valence-electron chi connectivity index (χ0n) is 8.70. The molecule has 0 aliphatic carbocycles. The van der Waals surface area contributed by atoms with Gasteiger partial charge in [0, 0.05) is 0 Å². The Morgan fingerprint density at radius 3 is 2.50 bits per heavy atom. The molecule has 0 saturated carbocycles. The van der Waals surface area contributed by atoms with E-state index in [1.165, 1.54) is 18.4 Å². The van der Waals surface area contributed by atoms with Crippen LogP contribution in [0.1, 0.15) is 20.9 Å². The zero-order chi connectivity index (χ0) is 13.1. The zero-order valence-corrected chi connectivity index (χ0v) is 11.0. The molecule has 0 unspecified atom stereocenters. The number of thiophene rings is 1. The summed E-state index contributed by atoms with van der Waals surface area (Å²) in [5, 5.41) is 0. The van der Waals surface area contributed by atoms with E-state index in [9.17, 15) is 9.59 Å². The maximum absolute atomic E-state index is 11.7. The van der Waals surface area contributed by atoms with Gasteiger partial charge < -0.3 is 4.42 Å². The van der Waals surface area contributed by atoms with Crippen LogP contribution in [0.3, 0.4) is 0 Å². The van der Waals surface area contributed by atoms with E-state index in [0.717, 1.165) is 11.3 Å². The molecule has 0 spiro atoms. The van der Waals surface area contributed by atoms with Crippen LogP contribution in [0.25, 0.3) is 0 Å². The van der Waals surface area contributed by atoms with Gasteiger partial charge in [-0.25, -0.2) is 0 Å². The van der Waals surface area contributed by atoms with Crippen molar-refractivity contribution in [3.05, 3.63) is 44.5 Å². The molecule has 2 N–H and O–H groups in total. The second-order valence-electron chi connectivity index (χ2n) is 3.12. The fraction of sp³-hybridized carbons (Fsp3) is 0. The highest BCUT2D eigenvalue weighted by Crippen LogP contribution is 2.30. The molecule has 2 aromatic heterocycles. The van der Waals surface area contributed by atoms with E-state index in [-0.39, 0.29) is 15.7 Å². The smallest absolute Gasteiger partial charge is 0.305 e. The molecule has 0 radical (unpaired) electrons. The number of halogens is 2. The number of hydrogen-bond acceptors (Lipinski definition) is 4. The quantitative estimate of drug-likeness (QED) is 0.838. The summed E-state index contributed by atoms with van der Waals surface area (Å²) >= 11 is 12.6. The molecule has 0 aliphatic rings. The normalized spacial score (nSPS) is 10.1. The van der Waals surface area contributed by atoms with Gasteiger partial charge in [0.1, 0.15) is 4.34 Å².